The second-order valence-corrected chi connectivity index (χ2v) is 17.6. The van der Waals surface area contributed by atoms with Crippen LogP contribution in [0.3, 0.4) is 0 Å². The monoisotopic (exact) mass is 741 g/mol. The molecule has 11 heteroatoms. The van der Waals surface area contributed by atoms with Crippen molar-refractivity contribution in [3.05, 3.63) is 144 Å². The molecule has 6 rings (SSSR count). The van der Waals surface area contributed by atoms with Crippen molar-refractivity contribution < 1.29 is 40.8 Å². The van der Waals surface area contributed by atoms with E-state index in [1.165, 1.54) is 0 Å². The summed E-state index contributed by atoms with van der Waals surface area (Å²) in [5.41, 5.74) is 4.00. The fourth-order valence-corrected chi connectivity index (χ4v) is 12.0. The third-order valence-corrected chi connectivity index (χ3v) is 13.8. The summed E-state index contributed by atoms with van der Waals surface area (Å²) in [7, 11) is -4.74. The van der Waals surface area contributed by atoms with Gasteiger partial charge in [-0.05, 0) is 0 Å². The Bertz CT molecular complexity index is 1580. The van der Waals surface area contributed by atoms with Crippen molar-refractivity contribution in [1.29, 1.82) is 0 Å². The molecule has 2 unspecified atom stereocenters. The van der Waals surface area contributed by atoms with Gasteiger partial charge in [-0.2, -0.15) is 0 Å². The zero-order valence-corrected chi connectivity index (χ0v) is 29.0. The predicted molar refractivity (Wildman–Crippen MR) is 182 cm³/mol. The first kappa shape index (κ1) is 34.9. The number of ether oxygens (including phenoxy) is 5. The van der Waals surface area contributed by atoms with E-state index in [2.05, 4.69) is 0 Å². The SMILES string of the molecule is O=S(=O)(O)O[C@@H]1COC(c2ccccc2)O[C@H]1C[Se]1C[C@H](OCc2ccccc2)C(OCc2ccccc2)[C@H](OCc2ccccc2)C1. The van der Waals surface area contributed by atoms with Crippen molar-refractivity contribution in [3.8, 4) is 0 Å². The molecule has 0 saturated carbocycles. The van der Waals surface area contributed by atoms with Crippen molar-refractivity contribution in [2.24, 2.45) is 0 Å². The molecule has 0 bridgehead atoms. The van der Waals surface area contributed by atoms with E-state index in [4.69, 9.17) is 27.9 Å². The third kappa shape index (κ3) is 10.3. The Labute approximate surface area is 286 Å². The molecule has 2 heterocycles. The standard InChI is InChI=1S/C37H41O9SSe/c38-47(39,40)46-32-24-44-37(31-19-11-4-12-20-31)45-33(32)25-48-26-34(41-21-28-13-5-1-6-14-28)36(43-23-30-17-9-3-10-18-30)35(27-48)42-22-29-15-7-2-8-16-29/h1-20,32-37H,21-27H2,(H,38,39,40)/t32-,33+,34-,35+,36?,37?/m1/s1. The third-order valence-electron chi connectivity index (χ3n) is 8.27. The minimum atomic E-state index is -4.74. The summed E-state index contributed by atoms with van der Waals surface area (Å²) in [6.45, 7) is 1.20. The molecule has 255 valence electrons. The van der Waals surface area contributed by atoms with E-state index in [0.29, 0.717) is 25.1 Å². The van der Waals surface area contributed by atoms with Crippen LogP contribution in [0.5, 0.6) is 0 Å². The second kappa shape index (κ2) is 17.1. The fourth-order valence-electron chi connectivity index (χ4n) is 5.91. The summed E-state index contributed by atoms with van der Waals surface area (Å²) < 4.78 is 70.6. The summed E-state index contributed by atoms with van der Waals surface area (Å²) in [6.07, 6.45) is -3.22. The average Bonchev–Trinajstić information content (AvgIpc) is 3.11. The van der Waals surface area contributed by atoms with Gasteiger partial charge in [-0.1, -0.05) is 0 Å². The Kier molecular flexibility index (Phi) is 12.5. The van der Waals surface area contributed by atoms with E-state index in [-0.39, 0.29) is 24.9 Å². The average molecular weight is 741 g/mol. The second-order valence-electron chi connectivity index (χ2n) is 11.9. The predicted octanol–water partition coefficient (Wildman–Crippen LogP) is 6.55. The maximum absolute atomic E-state index is 11.8. The van der Waals surface area contributed by atoms with Gasteiger partial charge in [0.2, 0.25) is 0 Å². The van der Waals surface area contributed by atoms with Gasteiger partial charge in [-0.3, -0.25) is 0 Å². The van der Waals surface area contributed by atoms with Gasteiger partial charge in [0.25, 0.3) is 0 Å². The van der Waals surface area contributed by atoms with Gasteiger partial charge in [-0.25, -0.2) is 0 Å². The Morgan fingerprint density at radius 1 is 0.646 bits per heavy atom. The first-order valence-electron chi connectivity index (χ1n) is 16.0. The van der Waals surface area contributed by atoms with E-state index in [1.807, 2.05) is 121 Å². The zero-order chi connectivity index (χ0) is 33.2. The Balaban J connectivity index is 1.25. The van der Waals surface area contributed by atoms with E-state index in [9.17, 15) is 13.0 Å². The first-order valence-corrected chi connectivity index (χ1v) is 21.0. The molecule has 1 radical (unpaired) electrons. The van der Waals surface area contributed by atoms with Crippen LogP contribution in [-0.4, -0.2) is 64.0 Å². The Morgan fingerprint density at radius 2 is 1.10 bits per heavy atom. The molecule has 2 fully saturated rings. The topological polar surface area (TPSA) is 110 Å². The quantitative estimate of drug-likeness (QED) is 0.114. The van der Waals surface area contributed by atoms with Crippen molar-refractivity contribution in [3.63, 3.8) is 0 Å². The Morgan fingerprint density at radius 3 is 1.58 bits per heavy atom. The zero-order valence-electron chi connectivity index (χ0n) is 26.5. The van der Waals surface area contributed by atoms with Gasteiger partial charge in [-0.15, -0.1) is 0 Å². The fraction of sp³-hybridized carbons (Fsp3) is 0.351. The molecular formula is C37H41O9SSe. The summed E-state index contributed by atoms with van der Waals surface area (Å²) >= 11 is -1.62. The van der Waals surface area contributed by atoms with Gasteiger partial charge >= 0.3 is 288 Å². The van der Waals surface area contributed by atoms with E-state index in [1.54, 1.807) is 0 Å². The molecule has 48 heavy (non-hydrogen) atoms. The van der Waals surface area contributed by atoms with Crippen LogP contribution >= 0.6 is 0 Å². The number of rotatable bonds is 14. The molecule has 0 spiro atoms. The van der Waals surface area contributed by atoms with Gasteiger partial charge in [0.1, 0.15) is 0 Å². The number of hydrogen-bond acceptors (Lipinski definition) is 8. The molecule has 2 aliphatic rings. The van der Waals surface area contributed by atoms with Gasteiger partial charge in [0.15, 0.2) is 0 Å². The van der Waals surface area contributed by atoms with E-state index in [0.717, 1.165) is 32.9 Å². The van der Waals surface area contributed by atoms with Crippen LogP contribution in [0.25, 0.3) is 0 Å². The summed E-state index contributed by atoms with van der Waals surface area (Å²) in [5, 5.41) is 2.04. The van der Waals surface area contributed by atoms with Crippen LogP contribution in [0, 0.1) is 0 Å². The number of hydrogen-bond donors (Lipinski definition) is 1. The molecule has 4 aromatic rings. The molecule has 0 aliphatic carbocycles. The van der Waals surface area contributed by atoms with Gasteiger partial charge in [0, 0.05) is 0 Å². The van der Waals surface area contributed by atoms with Crippen LogP contribution in [-0.2, 0) is 58.1 Å². The van der Waals surface area contributed by atoms with E-state index >= 15 is 0 Å². The molecule has 4 aromatic carbocycles. The molecule has 1 N–H and O–H groups in total. The minimum absolute atomic E-state index is 0.0480. The van der Waals surface area contributed by atoms with Crippen molar-refractivity contribution in [2.75, 3.05) is 6.61 Å². The molecule has 2 aliphatic heterocycles. The van der Waals surface area contributed by atoms with Crippen molar-refractivity contribution in [2.45, 2.75) is 72.6 Å². The summed E-state index contributed by atoms with van der Waals surface area (Å²) in [4.78, 5) is 0. The molecule has 0 aromatic heterocycles. The van der Waals surface area contributed by atoms with Gasteiger partial charge < -0.3 is 0 Å². The van der Waals surface area contributed by atoms with Crippen molar-refractivity contribution >= 4 is 24.3 Å². The molecule has 6 atom stereocenters. The molecule has 2 saturated heterocycles. The van der Waals surface area contributed by atoms with Crippen LogP contribution in [0.2, 0.25) is 16.0 Å². The number of benzene rings is 4. The van der Waals surface area contributed by atoms with Crippen LogP contribution < -0.4 is 0 Å². The normalized spacial score (nSPS) is 25.1. The van der Waals surface area contributed by atoms with Crippen molar-refractivity contribution in [1.82, 2.24) is 0 Å². The summed E-state index contributed by atoms with van der Waals surface area (Å²) in [5.74, 6) is 0. The van der Waals surface area contributed by atoms with Gasteiger partial charge in [0.05, 0.1) is 0 Å². The Hall–Kier alpha value is -2.93. The first-order chi connectivity index (χ1) is 23.4. The molecular weight excluding hydrogens is 699 g/mol. The van der Waals surface area contributed by atoms with Crippen LogP contribution in [0.15, 0.2) is 121 Å². The van der Waals surface area contributed by atoms with Crippen LogP contribution in [0.4, 0.5) is 0 Å². The molecule has 0 amide bonds. The van der Waals surface area contributed by atoms with Crippen LogP contribution in [0.1, 0.15) is 28.5 Å². The molecule has 9 nitrogen and oxygen atoms in total. The maximum atomic E-state index is 11.8. The van der Waals surface area contributed by atoms with E-state index < -0.39 is 42.8 Å². The summed E-state index contributed by atoms with van der Waals surface area (Å²) in [6, 6.07) is 39.6.